The number of benzene rings is 1. The van der Waals surface area contributed by atoms with Gasteiger partial charge in [-0.05, 0) is 35.6 Å². The zero-order chi connectivity index (χ0) is 24.3. The minimum Gasteiger partial charge on any atom is -0.396 e. The van der Waals surface area contributed by atoms with Crippen molar-refractivity contribution in [2.24, 2.45) is 0 Å². The Morgan fingerprint density at radius 3 is 2.65 bits per heavy atom. The predicted molar refractivity (Wildman–Crippen MR) is 140 cm³/mol. The van der Waals surface area contributed by atoms with Crippen LogP contribution in [0.5, 0.6) is 0 Å². The fraction of sp³-hybridized carbons (Fsp3) is 0.273. The summed E-state index contributed by atoms with van der Waals surface area (Å²) < 4.78 is 46.2. The monoisotopic (exact) mass is 536 g/mol. The maximum absolute atomic E-state index is 12.9. The van der Waals surface area contributed by atoms with Crippen molar-refractivity contribution in [1.82, 2.24) is 14.7 Å². The summed E-state index contributed by atoms with van der Waals surface area (Å²) in [5.74, 6) is 0.564. The van der Waals surface area contributed by atoms with E-state index in [9.17, 15) is 12.6 Å². The minimum absolute atomic E-state index is 0.0935. The molecule has 3 heterocycles. The second-order valence-electron chi connectivity index (χ2n) is 7.60. The molecule has 0 radical (unpaired) electrons. The highest BCUT2D eigenvalue weighted by Gasteiger charge is 2.21. The Morgan fingerprint density at radius 2 is 2.00 bits per heavy atom. The van der Waals surface area contributed by atoms with Crippen LogP contribution in [0.25, 0.3) is 32.0 Å². The first-order valence-corrected chi connectivity index (χ1v) is 15.0. The van der Waals surface area contributed by atoms with Gasteiger partial charge in [0.15, 0.2) is 0 Å². The number of nitrogens with one attached hydrogen (secondary N) is 1. The van der Waals surface area contributed by atoms with Crippen molar-refractivity contribution in [3.8, 4) is 21.8 Å². The van der Waals surface area contributed by atoms with Crippen LogP contribution in [0.15, 0.2) is 46.1 Å². The average Bonchev–Trinajstić information content (AvgIpc) is 3.45. The third-order valence-corrected chi connectivity index (χ3v) is 9.53. The molecule has 4 N–H and O–H groups in total. The number of unbranched alkanes of at least 4 members (excludes halogenated alkanes) is 1. The van der Waals surface area contributed by atoms with Crippen molar-refractivity contribution in [3.05, 3.63) is 47.5 Å². The lowest BCUT2D eigenvalue weighted by molar-refractivity contribution is 0.468. The Kier molecular flexibility index (Phi) is 7.75. The highest BCUT2D eigenvalue weighted by atomic mass is 32.2. The summed E-state index contributed by atoms with van der Waals surface area (Å²) in [4.78, 5) is 9.91. The summed E-state index contributed by atoms with van der Waals surface area (Å²) in [6.45, 7) is 2.16. The first-order chi connectivity index (χ1) is 16.3. The highest BCUT2D eigenvalue weighted by molar-refractivity contribution is 7.87. The molecule has 3 aromatic heterocycles. The molecule has 1 aromatic carbocycles. The average molecular weight is 537 g/mol. The van der Waals surface area contributed by atoms with E-state index in [1.165, 1.54) is 22.7 Å². The summed E-state index contributed by atoms with van der Waals surface area (Å²) in [6.07, 6.45) is 3.98. The summed E-state index contributed by atoms with van der Waals surface area (Å²) in [5.41, 5.74) is 10.5. The molecule has 0 aliphatic rings. The van der Waals surface area contributed by atoms with Crippen LogP contribution >= 0.6 is 22.7 Å². The number of hydrogen-bond donors (Lipinski definition) is 3. The molecule has 8 nitrogen and oxygen atoms in total. The Balaban J connectivity index is 1.75. The Morgan fingerprint density at radius 1 is 1.24 bits per heavy atom. The number of nitrogens with two attached hydrogens (primary N) is 1. The topological polar surface area (TPSA) is 135 Å². The number of fused-ring (bicyclic) bond motifs is 1. The van der Waals surface area contributed by atoms with Crippen LogP contribution in [0.2, 0.25) is 0 Å². The molecular weight excluding hydrogens is 513 g/mol. The van der Waals surface area contributed by atoms with Gasteiger partial charge in [0.05, 0.1) is 16.5 Å². The van der Waals surface area contributed by atoms with E-state index in [0.29, 0.717) is 22.1 Å². The third kappa shape index (κ3) is 5.70. The number of pyridine rings is 1. The van der Waals surface area contributed by atoms with Crippen molar-refractivity contribution < 1.29 is 17.2 Å². The normalized spacial score (nSPS) is 12.9. The van der Waals surface area contributed by atoms with Crippen LogP contribution in [0.1, 0.15) is 25.3 Å². The van der Waals surface area contributed by atoms with Crippen LogP contribution in [0, 0.1) is 0 Å². The van der Waals surface area contributed by atoms with Crippen molar-refractivity contribution in [2.75, 3.05) is 18.0 Å². The van der Waals surface area contributed by atoms with E-state index in [4.69, 9.17) is 15.3 Å². The molecule has 1 atom stereocenters. The quantitative estimate of drug-likeness (QED) is 0.254. The van der Waals surface area contributed by atoms with Gasteiger partial charge in [-0.1, -0.05) is 37.6 Å². The van der Waals surface area contributed by atoms with Gasteiger partial charge in [-0.3, -0.25) is 8.76 Å². The first kappa shape index (κ1) is 24.9. The van der Waals surface area contributed by atoms with E-state index in [0.717, 1.165) is 50.5 Å². The molecular formula is C22H24N4O4S4. The van der Waals surface area contributed by atoms with Gasteiger partial charge in [0, 0.05) is 29.3 Å². The summed E-state index contributed by atoms with van der Waals surface area (Å²) >= 11 is 2.86. The number of rotatable bonds is 10. The molecule has 34 heavy (non-hydrogen) atoms. The lowest BCUT2D eigenvalue weighted by atomic mass is 10.00. The van der Waals surface area contributed by atoms with Gasteiger partial charge >= 0.3 is 10.3 Å². The van der Waals surface area contributed by atoms with E-state index < -0.39 is 21.1 Å². The van der Waals surface area contributed by atoms with Gasteiger partial charge < -0.3 is 5.73 Å². The molecule has 180 valence electrons. The SMILES string of the molecule is CCCCS(=O)c1sc2nc(-c3nccs3)cc(-c3ccc(CCNS(=O)(=O)O)cc3)c2c1N. The number of thiophene rings is 1. The number of nitrogens with zero attached hydrogens (tertiary/aromatic N) is 2. The molecule has 0 fully saturated rings. The highest BCUT2D eigenvalue weighted by Crippen LogP contribution is 2.43. The minimum atomic E-state index is -4.21. The molecule has 0 saturated heterocycles. The van der Waals surface area contributed by atoms with E-state index >= 15 is 0 Å². The molecule has 0 bridgehead atoms. The van der Waals surface area contributed by atoms with Gasteiger partial charge in [-0.25, -0.2) is 9.97 Å². The molecule has 12 heteroatoms. The molecule has 0 amide bonds. The van der Waals surface area contributed by atoms with Gasteiger partial charge in [-0.2, -0.15) is 13.1 Å². The van der Waals surface area contributed by atoms with E-state index in [1.54, 1.807) is 6.20 Å². The van der Waals surface area contributed by atoms with E-state index in [-0.39, 0.29) is 6.54 Å². The molecule has 0 saturated carbocycles. The molecule has 4 aromatic rings. The van der Waals surface area contributed by atoms with Crippen LogP contribution in [0.3, 0.4) is 0 Å². The third-order valence-electron chi connectivity index (χ3n) is 5.17. The van der Waals surface area contributed by atoms with Crippen molar-refractivity contribution in [2.45, 2.75) is 30.4 Å². The zero-order valence-corrected chi connectivity index (χ0v) is 21.6. The number of thiazole rings is 1. The Labute approximate surface area is 208 Å². The van der Waals surface area contributed by atoms with Gasteiger partial charge in [0.2, 0.25) is 0 Å². The standard InChI is InChI=1S/C22H24N4O4S4/c1-2-3-12-33(27)22-19(23)18-16(13-17(26-21(18)32-22)20-24-10-11-31-20)15-6-4-14(5-7-15)8-9-25-34(28,29)30/h4-7,10-11,13,25H,2-3,8-9,12,23H2,1H3,(H,28,29,30). The second kappa shape index (κ2) is 10.6. The van der Waals surface area contributed by atoms with Crippen molar-refractivity contribution in [3.63, 3.8) is 0 Å². The Hall–Kier alpha value is -2.22. The van der Waals surface area contributed by atoms with Crippen molar-refractivity contribution in [1.29, 1.82) is 0 Å². The van der Waals surface area contributed by atoms with E-state index in [2.05, 4.69) is 16.6 Å². The van der Waals surface area contributed by atoms with E-state index in [1.807, 2.05) is 35.7 Å². The second-order valence-corrected chi connectivity index (χ2v) is 12.5. The molecule has 0 aliphatic heterocycles. The lowest BCUT2D eigenvalue weighted by Crippen LogP contribution is -2.24. The Bertz CT molecular complexity index is 1420. The maximum atomic E-state index is 12.9. The predicted octanol–water partition coefficient (Wildman–Crippen LogP) is 4.51. The molecule has 1 unspecified atom stereocenters. The summed E-state index contributed by atoms with van der Waals surface area (Å²) in [7, 11) is -5.40. The summed E-state index contributed by atoms with van der Waals surface area (Å²) in [5, 5.41) is 3.47. The zero-order valence-electron chi connectivity index (χ0n) is 18.4. The van der Waals surface area contributed by atoms with Gasteiger partial charge in [0.25, 0.3) is 0 Å². The molecule has 4 rings (SSSR count). The van der Waals surface area contributed by atoms with Crippen molar-refractivity contribution >= 4 is 59.7 Å². The number of aromatic nitrogens is 2. The van der Waals surface area contributed by atoms with Gasteiger partial charge in [0.1, 0.15) is 19.7 Å². The molecule has 0 aliphatic carbocycles. The maximum Gasteiger partial charge on any atom is 0.333 e. The van der Waals surface area contributed by atoms with Gasteiger partial charge in [-0.15, -0.1) is 22.7 Å². The van der Waals surface area contributed by atoms with Crippen LogP contribution in [0.4, 0.5) is 5.69 Å². The fourth-order valence-corrected chi connectivity index (χ4v) is 7.25. The fourth-order valence-electron chi connectivity index (χ4n) is 3.50. The first-order valence-electron chi connectivity index (χ1n) is 10.6. The molecule has 0 spiro atoms. The summed E-state index contributed by atoms with van der Waals surface area (Å²) in [6, 6.07) is 9.64. The number of hydrogen-bond acceptors (Lipinski definition) is 8. The van der Waals surface area contributed by atoms with Crippen LogP contribution < -0.4 is 10.5 Å². The van der Waals surface area contributed by atoms with Crippen LogP contribution in [-0.2, 0) is 27.5 Å². The van der Waals surface area contributed by atoms with Crippen LogP contribution in [-0.4, -0.2) is 39.4 Å². The smallest absolute Gasteiger partial charge is 0.333 e. The number of nitrogen functional groups attached to an aromatic ring is 1. The number of anilines is 1. The largest absolute Gasteiger partial charge is 0.396 e. The lowest BCUT2D eigenvalue weighted by Gasteiger charge is -2.09.